The van der Waals surface area contributed by atoms with Crippen molar-refractivity contribution in [1.29, 1.82) is 0 Å². The van der Waals surface area contributed by atoms with Gasteiger partial charge in [0.15, 0.2) is 6.10 Å². The van der Waals surface area contributed by atoms with Gasteiger partial charge in [0.05, 0.1) is 16.8 Å². The Kier molecular flexibility index (Phi) is 7.91. The molecule has 3 fully saturated rings. The van der Waals surface area contributed by atoms with Crippen LogP contribution < -0.4 is 10.1 Å². The van der Waals surface area contributed by atoms with E-state index in [0.717, 1.165) is 18.6 Å². The van der Waals surface area contributed by atoms with Crippen LogP contribution >= 0.6 is 0 Å². The molecule has 1 aromatic carbocycles. The second-order valence-corrected chi connectivity index (χ2v) is 13.3. The first kappa shape index (κ1) is 30.4. The number of piperidine rings is 1. The molecule has 3 unspecified atom stereocenters. The zero-order valence-corrected chi connectivity index (χ0v) is 24.8. The van der Waals surface area contributed by atoms with Gasteiger partial charge in [0, 0.05) is 49.7 Å². The van der Waals surface area contributed by atoms with E-state index in [4.69, 9.17) is 14.2 Å². The fraction of sp³-hybridized carbons (Fsp3) is 0.700. The van der Waals surface area contributed by atoms with Gasteiger partial charge in [-0.1, -0.05) is 0 Å². The number of likely N-dealkylation sites (tertiary alicyclic amines) is 1. The number of halogens is 3. The van der Waals surface area contributed by atoms with Crippen LogP contribution in [0.2, 0.25) is 0 Å². The molecule has 1 saturated carbocycles. The first-order valence-corrected chi connectivity index (χ1v) is 14.7. The maximum absolute atomic E-state index is 14.4. The van der Waals surface area contributed by atoms with Crippen molar-refractivity contribution in [2.45, 2.75) is 96.7 Å². The lowest BCUT2D eigenvalue weighted by Gasteiger charge is -2.38. The number of fused-ring (bicyclic) bond motifs is 1. The van der Waals surface area contributed by atoms with Gasteiger partial charge in [-0.25, -0.2) is 4.79 Å². The lowest BCUT2D eigenvalue weighted by molar-refractivity contribution is -0.138. The second-order valence-electron chi connectivity index (χ2n) is 13.3. The molecule has 1 spiro atoms. The summed E-state index contributed by atoms with van der Waals surface area (Å²) in [6, 6.07) is 1.19. The molecule has 2 saturated heterocycles. The topological polar surface area (TPSA) is 97.4 Å². The second kappa shape index (κ2) is 10.9. The standard InChI is InChI=1S/C30H40F3N3O6/c1-17(2)36(23-15-29(23)9-6-10-35(16-29)27(39)42-28(3,4)5)26(38)19-13-21-22(14-20(19)30(31,32)33)41-24(25(37)34-21)18-7-11-40-12-8-18/h13-14,17-18,23-24H,6-12,15-16H2,1-5H3,(H,34,37). The number of nitrogens with zero attached hydrogens (tertiary/aromatic N) is 2. The number of carbonyl (C=O) groups is 3. The molecule has 5 rings (SSSR count). The van der Waals surface area contributed by atoms with Gasteiger partial charge in [-0.3, -0.25) is 9.59 Å². The molecule has 3 amide bonds. The molecule has 4 aliphatic rings. The first-order chi connectivity index (χ1) is 19.6. The van der Waals surface area contributed by atoms with Gasteiger partial charge in [-0.2, -0.15) is 13.2 Å². The Morgan fingerprint density at radius 3 is 2.48 bits per heavy atom. The third-order valence-corrected chi connectivity index (χ3v) is 8.65. The number of anilines is 1. The summed E-state index contributed by atoms with van der Waals surface area (Å²) in [6.07, 6.45) is -3.03. The van der Waals surface area contributed by atoms with E-state index in [1.54, 1.807) is 39.5 Å². The third-order valence-electron chi connectivity index (χ3n) is 8.65. The Morgan fingerprint density at radius 1 is 1.17 bits per heavy atom. The highest BCUT2D eigenvalue weighted by Crippen LogP contribution is 2.56. The van der Waals surface area contributed by atoms with Crippen molar-refractivity contribution in [3.8, 4) is 5.75 Å². The number of alkyl halides is 3. The molecule has 42 heavy (non-hydrogen) atoms. The summed E-state index contributed by atoms with van der Waals surface area (Å²) in [5, 5.41) is 2.69. The predicted molar refractivity (Wildman–Crippen MR) is 147 cm³/mol. The van der Waals surface area contributed by atoms with Crippen LogP contribution in [-0.2, 0) is 20.4 Å². The molecule has 0 aromatic heterocycles. The normalized spacial score (nSPS) is 26.4. The Hall–Kier alpha value is -3.02. The summed E-state index contributed by atoms with van der Waals surface area (Å²) in [5.74, 6) is -1.49. The Bertz CT molecular complexity index is 1240. The summed E-state index contributed by atoms with van der Waals surface area (Å²) in [7, 11) is 0. The molecule has 3 heterocycles. The predicted octanol–water partition coefficient (Wildman–Crippen LogP) is 5.47. The van der Waals surface area contributed by atoms with Crippen molar-refractivity contribution >= 4 is 23.6 Å². The molecule has 0 bridgehead atoms. The number of ether oxygens (including phenoxy) is 3. The number of amides is 3. The summed E-state index contributed by atoms with van der Waals surface area (Å²) in [5.41, 5.74) is -2.66. The molecular weight excluding hydrogens is 555 g/mol. The lowest BCUT2D eigenvalue weighted by atomic mass is 9.91. The summed E-state index contributed by atoms with van der Waals surface area (Å²) >= 11 is 0. The van der Waals surface area contributed by atoms with E-state index < -0.39 is 58.4 Å². The van der Waals surface area contributed by atoms with Crippen LogP contribution in [0.5, 0.6) is 5.75 Å². The van der Waals surface area contributed by atoms with E-state index in [1.165, 1.54) is 4.90 Å². The van der Waals surface area contributed by atoms with Crippen LogP contribution in [-0.4, -0.2) is 77.8 Å². The first-order valence-electron chi connectivity index (χ1n) is 14.7. The van der Waals surface area contributed by atoms with E-state index in [-0.39, 0.29) is 23.4 Å². The van der Waals surface area contributed by atoms with E-state index in [0.29, 0.717) is 52.0 Å². The molecule has 0 radical (unpaired) electrons. The molecule has 1 aromatic rings. The van der Waals surface area contributed by atoms with Crippen LogP contribution in [0.4, 0.5) is 23.7 Å². The van der Waals surface area contributed by atoms with Crippen LogP contribution in [0.25, 0.3) is 0 Å². The fourth-order valence-electron chi connectivity index (χ4n) is 6.59. The van der Waals surface area contributed by atoms with E-state index >= 15 is 0 Å². The third kappa shape index (κ3) is 6.05. The number of nitrogens with one attached hydrogen (secondary N) is 1. The van der Waals surface area contributed by atoms with Gasteiger partial charge < -0.3 is 29.3 Å². The van der Waals surface area contributed by atoms with Crippen molar-refractivity contribution in [2.24, 2.45) is 11.3 Å². The number of rotatable bonds is 4. The summed E-state index contributed by atoms with van der Waals surface area (Å²) < 4.78 is 60.0. The van der Waals surface area contributed by atoms with Crippen molar-refractivity contribution in [2.75, 3.05) is 31.6 Å². The molecule has 3 aliphatic heterocycles. The summed E-state index contributed by atoms with van der Waals surface area (Å²) in [4.78, 5) is 42.8. The molecule has 12 heteroatoms. The fourth-order valence-corrected chi connectivity index (χ4v) is 6.59. The van der Waals surface area contributed by atoms with Crippen molar-refractivity contribution < 1.29 is 41.8 Å². The Morgan fingerprint density at radius 2 is 1.86 bits per heavy atom. The van der Waals surface area contributed by atoms with Crippen LogP contribution in [0, 0.1) is 11.3 Å². The zero-order valence-electron chi connectivity index (χ0n) is 24.8. The van der Waals surface area contributed by atoms with Gasteiger partial charge in [-0.15, -0.1) is 0 Å². The zero-order chi connectivity index (χ0) is 30.6. The molecule has 9 nitrogen and oxygen atoms in total. The maximum Gasteiger partial charge on any atom is 0.417 e. The SMILES string of the molecule is CC(C)N(C(=O)c1cc2c(cc1C(F)(F)F)OC(C1CCOCC1)C(=O)N2)C1CC12CCCN(C(=O)OC(C)(C)C)C2. The molecule has 1 aliphatic carbocycles. The van der Waals surface area contributed by atoms with Gasteiger partial charge in [0.25, 0.3) is 11.8 Å². The maximum atomic E-state index is 14.4. The van der Waals surface area contributed by atoms with Crippen LogP contribution in [0.3, 0.4) is 0 Å². The number of hydrogen-bond donors (Lipinski definition) is 1. The van der Waals surface area contributed by atoms with Crippen LogP contribution in [0.15, 0.2) is 12.1 Å². The van der Waals surface area contributed by atoms with E-state index in [9.17, 15) is 27.6 Å². The summed E-state index contributed by atoms with van der Waals surface area (Å²) in [6.45, 7) is 10.7. The van der Waals surface area contributed by atoms with E-state index in [1.807, 2.05) is 0 Å². The van der Waals surface area contributed by atoms with E-state index in [2.05, 4.69) is 5.32 Å². The largest absolute Gasteiger partial charge is 0.478 e. The van der Waals surface area contributed by atoms with Crippen molar-refractivity contribution in [3.05, 3.63) is 23.3 Å². The number of carbonyl (C=O) groups excluding carboxylic acids is 3. The average Bonchev–Trinajstić information content (AvgIpc) is 3.57. The molecular formula is C30H40F3N3O6. The van der Waals surface area contributed by atoms with Gasteiger partial charge in [-0.05, 0) is 78.9 Å². The van der Waals surface area contributed by atoms with Crippen molar-refractivity contribution in [1.82, 2.24) is 9.80 Å². The highest BCUT2D eigenvalue weighted by molar-refractivity contribution is 6.02. The number of benzene rings is 1. The monoisotopic (exact) mass is 595 g/mol. The minimum Gasteiger partial charge on any atom is -0.478 e. The smallest absolute Gasteiger partial charge is 0.417 e. The highest BCUT2D eigenvalue weighted by Gasteiger charge is 2.61. The highest BCUT2D eigenvalue weighted by atomic mass is 19.4. The van der Waals surface area contributed by atoms with Crippen molar-refractivity contribution in [3.63, 3.8) is 0 Å². The quantitative estimate of drug-likeness (QED) is 0.496. The molecule has 232 valence electrons. The Balaban J connectivity index is 1.41. The number of hydrogen-bond acceptors (Lipinski definition) is 6. The van der Waals surface area contributed by atoms with Gasteiger partial charge in [0.1, 0.15) is 11.4 Å². The minimum absolute atomic E-state index is 0.0441. The average molecular weight is 596 g/mol. The van der Waals surface area contributed by atoms with Crippen LogP contribution in [0.1, 0.15) is 82.6 Å². The van der Waals surface area contributed by atoms with Gasteiger partial charge >= 0.3 is 12.3 Å². The minimum atomic E-state index is -4.83. The molecule has 3 atom stereocenters. The Labute approximate surface area is 244 Å². The van der Waals surface area contributed by atoms with Gasteiger partial charge in [0.2, 0.25) is 0 Å². The molecule has 1 N–H and O–H groups in total. The lowest BCUT2D eigenvalue weighted by Crippen LogP contribution is -2.48.